The summed E-state index contributed by atoms with van der Waals surface area (Å²) in [6, 6.07) is 20.9. The van der Waals surface area contributed by atoms with E-state index in [0.29, 0.717) is 29.3 Å². The number of benzene rings is 3. The Kier molecular flexibility index (Phi) is 5.93. The third-order valence-corrected chi connectivity index (χ3v) is 5.99. The third kappa shape index (κ3) is 4.67. The molecule has 168 valence electrons. The van der Waals surface area contributed by atoms with Crippen molar-refractivity contribution >= 4 is 22.6 Å². The fourth-order valence-corrected chi connectivity index (χ4v) is 4.20. The zero-order chi connectivity index (χ0) is 22.6. The summed E-state index contributed by atoms with van der Waals surface area (Å²) < 4.78 is 13.4. The van der Waals surface area contributed by atoms with E-state index in [0.717, 1.165) is 29.4 Å². The molecule has 1 N–H and O–H groups in total. The van der Waals surface area contributed by atoms with Crippen LogP contribution in [0, 0.1) is 0 Å². The molecule has 4 aromatic rings. The van der Waals surface area contributed by atoms with E-state index in [1.165, 1.54) is 12.8 Å². The van der Waals surface area contributed by atoms with E-state index < -0.39 is 0 Å². The number of ether oxygens (including phenoxy) is 2. The molecule has 0 aliphatic heterocycles. The Morgan fingerprint density at radius 2 is 1.82 bits per heavy atom. The van der Waals surface area contributed by atoms with Crippen LogP contribution in [-0.4, -0.2) is 34.1 Å². The molecule has 1 heterocycles. The third-order valence-electron chi connectivity index (χ3n) is 5.99. The first-order chi connectivity index (χ1) is 16.2. The minimum atomic E-state index is -0.176. The maximum absolute atomic E-state index is 12.8. The molecule has 7 heteroatoms. The van der Waals surface area contributed by atoms with Crippen molar-refractivity contribution in [1.82, 2.24) is 15.0 Å². The highest BCUT2D eigenvalue weighted by atomic mass is 16.5. The number of carbonyl (C=O) groups is 1. The summed E-state index contributed by atoms with van der Waals surface area (Å²) >= 11 is 0. The first-order valence-electron chi connectivity index (χ1n) is 11.2. The van der Waals surface area contributed by atoms with Crippen molar-refractivity contribution in [2.24, 2.45) is 0 Å². The number of hydrogen-bond acceptors (Lipinski definition) is 5. The van der Waals surface area contributed by atoms with E-state index in [2.05, 4.69) is 15.6 Å². The van der Waals surface area contributed by atoms with Crippen LogP contribution in [0.1, 0.15) is 41.6 Å². The van der Waals surface area contributed by atoms with Crippen molar-refractivity contribution < 1.29 is 14.3 Å². The van der Waals surface area contributed by atoms with Gasteiger partial charge in [0.1, 0.15) is 5.52 Å². The Morgan fingerprint density at radius 3 is 2.61 bits per heavy atom. The van der Waals surface area contributed by atoms with Crippen LogP contribution < -0.4 is 14.8 Å². The van der Waals surface area contributed by atoms with Gasteiger partial charge in [-0.1, -0.05) is 29.5 Å². The van der Waals surface area contributed by atoms with Crippen LogP contribution in [-0.2, 0) is 6.54 Å². The average molecular weight is 443 g/mol. The van der Waals surface area contributed by atoms with Crippen LogP contribution in [0.3, 0.4) is 0 Å². The van der Waals surface area contributed by atoms with Gasteiger partial charge in [0.05, 0.1) is 25.3 Å². The Hall–Kier alpha value is -3.87. The highest BCUT2D eigenvalue weighted by Gasteiger charge is 2.19. The largest absolute Gasteiger partial charge is 0.493 e. The Labute approximate surface area is 192 Å². The molecule has 0 atom stereocenters. The number of carbonyl (C=O) groups excluding carboxylic acids is 1. The Morgan fingerprint density at radius 1 is 1.03 bits per heavy atom. The zero-order valence-electron chi connectivity index (χ0n) is 18.5. The number of amides is 1. The molecule has 1 aliphatic carbocycles. The number of aromatic nitrogens is 3. The van der Waals surface area contributed by atoms with Crippen LogP contribution in [0.2, 0.25) is 0 Å². The van der Waals surface area contributed by atoms with E-state index in [-0.39, 0.29) is 12.0 Å². The van der Waals surface area contributed by atoms with Crippen molar-refractivity contribution in [3.8, 4) is 11.5 Å². The predicted octanol–water partition coefficient (Wildman–Crippen LogP) is 5.06. The maximum Gasteiger partial charge on any atom is 0.255 e. The molecule has 0 radical (unpaired) electrons. The van der Waals surface area contributed by atoms with Crippen LogP contribution in [0.4, 0.5) is 5.69 Å². The number of hydrogen-bond donors (Lipinski definition) is 1. The number of fused-ring (bicyclic) bond motifs is 1. The minimum absolute atomic E-state index is 0.176. The molecule has 7 nitrogen and oxygen atoms in total. The molecule has 1 aromatic heterocycles. The number of para-hydroxylation sites is 1. The van der Waals surface area contributed by atoms with E-state index in [1.54, 1.807) is 7.11 Å². The van der Waals surface area contributed by atoms with Crippen molar-refractivity contribution in [1.29, 1.82) is 0 Å². The summed E-state index contributed by atoms with van der Waals surface area (Å²) in [6.45, 7) is 0.586. The molecule has 1 amide bonds. The summed E-state index contributed by atoms with van der Waals surface area (Å²) in [5.74, 6) is 1.16. The van der Waals surface area contributed by atoms with Crippen LogP contribution in [0.15, 0.2) is 66.7 Å². The monoisotopic (exact) mass is 442 g/mol. The molecular weight excluding hydrogens is 416 g/mol. The second kappa shape index (κ2) is 9.32. The van der Waals surface area contributed by atoms with Gasteiger partial charge in [-0.3, -0.25) is 4.79 Å². The molecule has 1 saturated carbocycles. The second-order valence-electron chi connectivity index (χ2n) is 8.28. The van der Waals surface area contributed by atoms with Crippen LogP contribution >= 0.6 is 0 Å². The highest BCUT2D eigenvalue weighted by molar-refractivity contribution is 6.04. The van der Waals surface area contributed by atoms with Gasteiger partial charge < -0.3 is 14.8 Å². The van der Waals surface area contributed by atoms with Crippen molar-refractivity contribution in [3.63, 3.8) is 0 Å². The summed E-state index contributed by atoms with van der Waals surface area (Å²) in [5, 5.41) is 11.4. The SMILES string of the molecule is COc1ccc(NC(=O)c2ccc(Cn3nnc4ccccc43)cc2)cc1OC1CCCC1. The lowest BCUT2D eigenvalue weighted by molar-refractivity contribution is 0.102. The lowest BCUT2D eigenvalue weighted by Gasteiger charge is -2.17. The predicted molar refractivity (Wildman–Crippen MR) is 127 cm³/mol. The lowest BCUT2D eigenvalue weighted by Crippen LogP contribution is -2.14. The maximum atomic E-state index is 12.8. The number of anilines is 1. The quantitative estimate of drug-likeness (QED) is 0.433. The first kappa shape index (κ1) is 21.0. The second-order valence-corrected chi connectivity index (χ2v) is 8.28. The summed E-state index contributed by atoms with van der Waals surface area (Å²) in [5.41, 5.74) is 4.14. The zero-order valence-corrected chi connectivity index (χ0v) is 18.5. The van der Waals surface area contributed by atoms with Gasteiger partial charge in [0, 0.05) is 17.3 Å². The van der Waals surface area contributed by atoms with Crippen LogP contribution in [0.25, 0.3) is 11.0 Å². The van der Waals surface area contributed by atoms with Gasteiger partial charge in [-0.05, 0) is 67.6 Å². The lowest BCUT2D eigenvalue weighted by atomic mass is 10.1. The molecule has 0 unspecified atom stereocenters. The number of rotatable bonds is 7. The average Bonchev–Trinajstić information content (AvgIpc) is 3.50. The fraction of sp³-hybridized carbons (Fsp3) is 0.269. The van der Waals surface area contributed by atoms with E-state index in [4.69, 9.17) is 9.47 Å². The molecule has 0 bridgehead atoms. The normalized spacial score (nSPS) is 13.8. The van der Waals surface area contributed by atoms with Gasteiger partial charge in [-0.2, -0.15) is 0 Å². The van der Waals surface area contributed by atoms with Gasteiger partial charge in [0.25, 0.3) is 5.91 Å². The van der Waals surface area contributed by atoms with Gasteiger partial charge in [0.2, 0.25) is 0 Å². The molecule has 3 aromatic carbocycles. The fourth-order valence-electron chi connectivity index (χ4n) is 4.20. The first-order valence-corrected chi connectivity index (χ1v) is 11.2. The van der Waals surface area contributed by atoms with Gasteiger partial charge in [-0.15, -0.1) is 5.10 Å². The van der Waals surface area contributed by atoms with Crippen molar-refractivity contribution in [3.05, 3.63) is 77.9 Å². The molecule has 5 rings (SSSR count). The standard InChI is InChI=1S/C26H26N4O3/c1-32-24-15-14-20(16-25(24)33-21-6-2-3-7-21)27-26(31)19-12-10-18(11-13-19)17-30-23-9-5-4-8-22(23)28-29-30/h4-5,8-16,21H,2-3,6-7,17H2,1H3,(H,27,31). The van der Waals surface area contributed by atoms with Gasteiger partial charge in [0.15, 0.2) is 11.5 Å². The van der Waals surface area contributed by atoms with Crippen molar-refractivity contribution in [2.45, 2.75) is 38.3 Å². The van der Waals surface area contributed by atoms with Gasteiger partial charge in [-0.25, -0.2) is 4.68 Å². The topological polar surface area (TPSA) is 78.3 Å². The summed E-state index contributed by atoms with van der Waals surface area (Å²) in [6.07, 6.45) is 4.69. The molecule has 0 spiro atoms. The number of methoxy groups -OCH3 is 1. The summed E-state index contributed by atoms with van der Waals surface area (Å²) in [7, 11) is 1.62. The van der Waals surface area contributed by atoms with E-state index in [9.17, 15) is 4.79 Å². The molecule has 1 fully saturated rings. The number of nitrogens with zero attached hydrogens (tertiary/aromatic N) is 3. The molecular formula is C26H26N4O3. The summed E-state index contributed by atoms with van der Waals surface area (Å²) in [4.78, 5) is 12.8. The van der Waals surface area contributed by atoms with E-state index >= 15 is 0 Å². The van der Waals surface area contributed by atoms with Crippen LogP contribution in [0.5, 0.6) is 11.5 Å². The highest BCUT2D eigenvalue weighted by Crippen LogP contribution is 2.34. The minimum Gasteiger partial charge on any atom is -0.493 e. The number of nitrogens with one attached hydrogen (secondary N) is 1. The van der Waals surface area contributed by atoms with Gasteiger partial charge >= 0.3 is 0 Å². The molecule has 1 aliphatic rings. The Balaban J connectivity index is 1.27. The Bertz CT molecular complexity index is 1260. The van der Waals surface area contributed by atoms with E-state index in [1.807, 2.05) is 71.4 Å². The molecule has 0 saturated heterocycles. The smallest absolute Gasteiger partial charge is 0.255 e. The van der Waals surface area contributed by atoms with Crippen molar-refractivity contribution in [2.75, 3.05) is 12.4 Å². The molecule has 33 heavy (non-hydrogen) atoms.